The van der Waals surface area contributed by atoms with Crippen LogP contribution >= 0.6 is 0 Å². The third-order valence-electron chi connectivity index (χ3n) is 2.96. The highest BCUT2D eigenvalue weighted by molar-refractivity contribution is 5.35. The molecule has 0 bridgehead atoms. The normalized spacial score (nSPS) is 12.4. The summed E-state index contributed by atoms with van der Waals surface area (Å²) in [5.74, 6) is 0. The second kappa shape index (κ2) is 4.50. The van der Waals surface area contributed by atoms with Crippen LogP contribution in [0.5, 0.6) is 0 Å². The maximum Gasteiger partial charge on any atom is 0.104 e. The molecule has 16 heavy (non-hydrogen) atoms. The fraction of sp³-hybridized carbons (Fsp3) is 0.200. The minimum Gasteiger partial charge on any atom is -0.384 e. The van der Waals surface area contributed by atoms with Gasteiger partial charge in [-0.25, -0.2) is 0 Å². The van der Waals surface area contributed by atoms with Crippen LogP contribution in [0.1, 0.15) is 28.4 Å². The Morgan fingerprint density at radius 3 is 2.12 bits per heavy atom. The first-order valence-corrected chi connectivity index (χ1v) is 5.48. The van der Waals surface area contributed by atoms with Crippen LogP contribution in [0.2, 0.25) is 0 Å². The molecule has 0 heterocycles. The summed E-state index contributed by atoms with van der Waals surface area (Å²) in [4.78, 5) is 0. The second-order valence-corrected chi connectivity index (χ2v) is 4.16. The van der Waals surface area contributed by atoms with E-state index in [0.717, 1.165) is 11.1 Å². The van der Waals surface area contributed by atoms with Gasteiger partial charge in [0, 0.05) is 0 Å². The van der Waals surface area contributed by atoms with Crippen LogP contribution in [0.4, 0.5) is 0 Å². The lowest BCUT2D eigenvalue weighted by Gasteiger charge is -2.12. The third-order valence-corrected chi connectivity index (χ3v) is 2.96. The standard InChI is InChI=1S/C15H16O/c1-11-8-9-14(10-12(11)2)15(16)13-6-4-3-5-7-13/h3-10,15-16H,1-2H3. The van der Waals surface area contributed by atoms with Gasteiger partial charge >= 0.3 is 0 Å². The summed E-state index contributed by atoms with van der Waals surface area (Å²) in [7, 11) is 0. The van der Waals surface area contributed by atoms with Crippen molar-refractivity contribution in [2.75, 3.05) is 0 Å². The number of aryl methyl sites for hydroxylation is 2. The molecular formula is C15H16O. The molecule has 1 heteroatoms. The molecule has 2 rings (SSSR count). The van der Waals surface area contributed by atoms with E-state index in [1.807, 2.05) is 42.5 Å². The summed E-state index contributed by atoms with van der Waals surface area (Å²) >= 11 is 0. The minimum absolute atomic E-state index is 0.527. The Kier molecular flexibility index (Phi) is 3.07. The molecule has 0 radical (unpaired) electrons. The van der Waals surface area contributed by atoms with Crippen molar-refractivity contribution in [3.05, 3.63) is 70.8 Å². The minimum atomic E-state index is -0.527. The maximum absolute atomic E-state index is 10.2. The predicted octanol–water partition coefficient (Wildman–Crippen LogP) is 3.39. The van der Waals surface area contributed by atoms with Gasteiger partial charge in [0.1, 0.15) is 6.10 Å². The number of rotatable bonds is 2. The van der Waals surface area contributed by atoms with Crippen molar-refractivity contribution >= 4 is 0 Å². The smallest absolute Gasteiger partial charge is 0.104 e. The van der Waals surface area contributed by atoms with E-state index < -0.39 is 6.10 Å². The van der Waals surface area contributed by atoms with Crippen LogP contribution in [0.15, 0.2) is 48.5 Å². The molecule has 0 aromatic heterocycles. The van der Waals surface area contributed by atoms with Crippen molar-refractivity contribution in [3.8, 4) is 0 Å². The molecule has 0 amide bonds. The zero-order chi connectivity index (χ0) is 11.5. The Balaban J connectivity index is 2.34. The zero-order valence-corrected chi connectivity index (χ0v) is 9.64. The number of hydrogen-bond acceptors (Lipinski definition) is 1. The molecule has 0 aliphatic rings. The lowest BCUT2D eigenvalue weighted by molar-refractivity contribution is 0.220. The van der Waals surface area contributed by atoms with Crippen LogP contribution in [0.3, 0.4) is 0 Å². The maximum atomic E-state index is 10.2. The van der Waals surface area contributed by atoms with Gasteiger partial charge in [0.2, 0.25) is 0 Å². The molecule has 2 aromatic rings. The summed E-state index contributed by atoms with van der Waals surface area (Å²) in [5.41, 5.74) is 4.36. The first-order valence-electron chi connectivity index (χ1n) is 5.48. The van der Waals surface area contributed by atoms with Crippen molar-refractivity contribution in [2.45, 2.75) is 20.0 Å². The largest absolute Gasteiger partial charge is 0.384 e. The number of aliphatic hydroxyl groups excluding tert-OH is 1. The first kappa shape index (κ1) is 10.9. The van der Waals surface area contributed by atoms with Gasteiger partial charge in [-0.15, -0.1) is 0 Å². The Morgan fingerprint density at radius 2 is 1.50 bits per heavy atom. The van der Waals surface area contributed by atoms with Crippen LogP contribution < -0.4 is 0 Å². The molecular weight excluding hydrogens is 196 g/mol. The lowest BCUT2D eigenvalue weighted by Crippen LogP contribution is -2.00. The summed E-state index contributed by atoms with van der Waals surface area (Å²) in [6.07, 6.45) is -0.527. The van der Waals surface area contributed by atoms with Gasteiger partial charge in [0.15, 0.2) is 0 Å². The average Bonchev–Trinajstić information content (AvgIpc) is 2.33. The second-order valence-electron chi connectivity index (χ2n) is 4.16. The Hall–Kier alpha value is -1.60. The van der Waals surface area contributed by atoms with Crippen molar-refractivity contribution < 1.29 is 5.11 Å². The molecule has 1 N–H and O–H groups in total. The van der Waals surface area contributed by atoms with E-state index in [4.69, 9.17) is 0 Å². The van der Waals surface area contributed by atoms with Crippen LogP contribution in [0, 0.1) is 13.8 Å². The summed E-state index contributed by atoms with van der Waals surface area (Å²) < 4.78 is 0. The van der Waals surface area contributed by atoms with Crippen LogP contribution in [-0.2, 0) is 0 Å². The van der Waals surface area contributed by atoms with Crippen molar-refractivity contribution in [1.82, 2.24) is 0 Å². The molecule has 0 saturated heterocycles. The molecule has 2 aromatic carbocycles. The zero-order valence-electron chi connectivity index (χ0n) is 9.64. The molecule has 0 aliphatic heterocycles. The van der Waals surface area contributed by atoms with E-state index in [1.54, 1.807) is 0 Å². The van der Waals surface area contributed by atoms with E-state index in [-0.39, 0.29) is 0 Å². The summed E-state index contributed by atoms with van der Waals surface area (Å²) in [6, 6.07) is 15.8. The van der Waals surface area contributed by atoms with Gasteiger partial charge < -0.3 is 5.11 Å². The van der Waals surface area contributed by atoms with Gasteiger partial charge in [-0.05, 0) is 36.1 Å². The van der Waals surface area contributed by atoms with Crippen molar-refractivity contribution in [3.63, 3.8) is 0 Å². The fourth-order valence-corrected chi connectivity index (χ4v) is 1.76. The molecule has 0 saturated carbocycles. The van der Waals surface area contributed by atoms with Gasteiger partial charge in [0.05, 0.1) is 0 Å². The van der Waals surface area contributed by atoms with Crippen molar-refractivity contribution in [1.29, 1.82) is 0 Å². The van der Waals surface area contributed by atoms with E-state index in [2.05, 4.69) is 19.9 Å². The van der Waals surface area contributed by atoms with Crippen LogP contribution in [0.25, 0.3) is 0 Å². The van der Waals surface area contributed by atoms with Crippen LogP contribution in [-0.4, -0.2) is 5.11 Å². The average molecular weight is 212 g/mol. The summed E-state index contributed by atoms with van der Waals surface area (Å²) in [5, 5.41) is 10.2. The topological polar surface area (TPSA) is 20.2 Å². The van der Waals surface area contributed by atoms with Gasteiger partial charge in [0.25, 0.3) is 0 Å². The number of aliphatic hydroxyl groups is 1. The molecule has 0 aliphatic carbocycles. The molecule has 1 nitrogen and oxygen atoms in total. The monoisotopic (exact) mass is 212 g/mol. The Morgan fingerprint density at radius 1 is 0.812 bits per heavy atom. The Labute approximate surface area is 96.4 Å². The third kappa shape index (κ3) is 2.15. The summed E-state index contributed by atoms with van der Waals surface area (Å²) in [6.45, 7) is 4.14. The predicted molar refractivity (Wildman–Crippen MR) is 66.4 cm³/mol. The van der Waals surface area contributed by atoms with Gasteiger partial charge in [-0.3, -0.25) is 0 Å². The highest BCUT2D eigenvalue weighted by Crippen LogP contribution is 2.23. The first-order chi connectivity index (χ1) is 7.68. The fourth-order valence-electron chi connectivity index (χ4n) is 1.76. The highest BCUT2D eigenvalue weighted by Gasteiger charge is 2.09. The van der Waals surface area contributed by atoms with Crippen molar-refractivity contribution in [2.24, 2.45) is 0 Å². The van der Waals surface area contributed by atoms with Gasteiger partial charge in [-0.1, -0.05) is 48.5 Å². The molecule has 82 valence electrons. The SMILES string of the molecule is Cc1ccc(C(O)c2ccccc2)cc1C. The van der Waals surface area contributed by atoms with E-state index in [1.165, 1.54) is 11.1 Å². The Bertz CT molecular complexity index is 474. The molecule has 0 spiro atoms. The lowest BCUT2D eigenvalue weighted by atomic mass is 9.98. The quantitative estimate of drug-likeness (QED) is 0.809. The molecule has 1 unspecified atom stereocenters. The van der Waals surface area contributed by atoms with Gasteiger partial charge in [-0.2, -0.15) is 0 Å². The van der Waals surface area contributed by atoms with E-state index >= 15 is 0 Å². The molecule has 1 atom stereocenters. The van der Waals surface area contributed by atoms with E-state index in [0.29, 0.717) is 0 Å². The highest BCUT2D eigenvalue weighted by atomic mass is 16.3. The number of benzene rings is 2. The molecule has 0 fully saturated rings. The van der Waals surface area contributed by atoms with E-state index in [9.17, 15) is 5.11 Å². The number of hydrogen-bond donors (Lipinski definition) is 1.